The maximum absolute atomic E-state index is 12.1. The number of rotatable bonds is 6. The second-order valence-corrected chi connectivity index (χ2v) is 4.67. The van der Waals surface area contributed by atoms with Crippen LogP contribution in [0.25, 0.3) is 0 Å². The van der Waals surface area contributed by atoms with Crippen molar-refractivity contribution in [3.63, 3.8) is 0 Å². The van der Waals surface area contributed by atoms with Crippen LogP contribution in [0.5, 0.6) is 0 Å². The normalized spacial score (nSPS) is 13.8. The minimum atomic E-state index is -0.225. The number of amides is 2. The van der Waals surface area contributed by atoms with Gasteiger partial charge in [0.05, 0.1) is 17.7 Å². The summed E-state index contributed by atoms with van der Waals surface area (Å²) in [6, 6.07) is 6.91. The first-order valence-electron chi connectivity index (χ1n) is 6.47. The number of fused-ring (bicyclic) bond motifs is 1. The molecule has 0 saturated heterocycles. The summed E-state index contributed by atoms with van der Waals surface area (Å²) >= 11 is 0. The van der Waals surface area contributed by atoms with Crippen molar-refractivity contribution in [1.29, 1.82) is 0 Å². The molecule has 2 amide bonds. The summed E-state index contributed by atoms with van der Waals surface area (Å²) in [6.45, 7) is 7.81. The van der Waals surface area contributed by atoms with Crippen LogP contribution in [0.1, 0.15) is 34.1 Å². The van der Waals surface area contributed by atoms with Gasteiger partial charge in [-0.05, 0) is 30.7 Å². The van der Waals surface area contributed by atoms with Gasteiger partial charge in [-0.3, -0.25) is 14.5 Å². The Hall–Kier alpha value is -1.94. The largest absolute Gasteiger partial charge is 0.313 e. The Labute approximate surface area is 113 Å². The number of benzene rings is 1. The molecule has 0 radical (unpaired) electrons. The van der Waals surface area contributed by atoms with Gasteiger partial charge in [0.1, 0.15) is 0 Å². The van der Waals surface area contributed by atoms with Crippen LogP contribution in [0.4, 0.5) is 0 Å². The van der Waals surface area contributed by atoms with Gasteiger partial charge in [-0.15, -0.1) is 0 Å². The fourth-order valence-corrected chi connectivity index (χ4v) is 2.10. The summed E-state index contributed by atoms with van der Waals surface area (Å²) in [6.07, 6.45) is 1.04. The number of carbonyl (C=O) groups excluding carboxylic acids is 2. The van der Waals surface area contributed by atoms with Crippen molar-refractivity contribution in [1.82, 2.24) is 10.2 Å². The van der Waals surface area contributed by atoms with Gasteiger partial charge in [-0.1, -0.05) is 25.6 Å². The SMILES string of the molecule is C=C(CNCCC)CN1C(=O)c2ccccc2C1=O. The molecule has 100 valence electrons. The second-order valence-electron chi connectivity index (χ2n) is 4.67. The van der Waals surface area contributed by atoms with Gasteiger partial charge in [0.25, 0.3) is 11.8 Å². The van der Waals surface area contributed by atoms with Crippen molar-refractivity contribution in [2.24, 2.45) is 0 Å². The summed E-state index contributed by atoms with van der Waals surface area (Å²) in [4.78, 5) is 25.5. The number of nitrogens with zero attached hydrogens (tertiary/aromatic N) is 1. The third-order valence-electron chi connectivity index (χ3n) is 3.06. The lowest BCUT2D eigenvalue weighted by atomic mass is 10.1. The van der Waals surface area contributed by atoms with Crippen LogP contribution in [-0.4, -0.2) is 36.3 Å². The van der Waals surface area contributed by atoms with E-state index in [2.05, 4.69) is 18.8 Å². The fourth-order valence-electron chi connectivity index (χ4n) is 2.10. The lowest BCUT2D eigenvalue weighted by Gasteiger charge is -2.15. The molecule has 2 rings (SSSR count). The molecule has 0 saturated carbocycles. The Morgan fingerprint density at radius 2 is 1.79 bits per heavy atom. The molecule has 4 heteroatoms. The highest BCUT2D eigenvalue weighted by Crippen LogP contribution is 2.22. The maximum Gasteiger partial charge on any atom is 0.261 e. The van der Waals surface area contributed by atoms with Crippen molar-refractivity contribution in [2.45, 2.75) is 13.3 Å². The van der Waals surface area contributed by atoms with E-state index in [1.807, 2.05) is 0 Å². The van der Waals surface area contributed by atoms with E-state index in [0.29, 0.717) is 17.7 Å². The number of nitrogens with one attached hydrogen (secondary N) is 1. The van der Waals surface area contributed by atoms with Crippen LogP contribution in [0.3, 0.4) is 0 Å². The Balaban J connectivity index is 2.02. The van der Waals surface area contributed by atoms with Crippen molar-refractivity contribution in [2.75, 3.05) is 19.6 Å². The molecule has 0 fully saturated rings. The van der Waals surface area contributed by atoms with Crippen LogP contribution in [0, 0.1) is 0 Å². The Kier molecular flexibility index (Phi) is 4.12. The molecule has 0 aliphatic carbocycles. The molecular formula is C15H18N2O2. The molecule has 4 nitrogen and oxygen atoms in total. The van der Waals surface area contributed by atoms with Crippen LogP contribution in [0.2, 0.25) is 0 Å². The molecular weight excluding hydrogens is 240 g/mol. The standard InChI is InChI=1S/C15H18N2O2/c1-3-8-16-9-11(2)10-17-14(18)12-6-4-5-7-13(12)15(17)19/h4-7,16H,2-3,8-10H2,1H3. The smallest absolute Gasteiger partial charge is 0.261 e. The molecule has 19 heavy (non-hydrogen) atoms. The minimum absolute atomic E-state index is 0.225. The summed E-state index contributed by atoms with van der Waals surface area (Å²) < 4.78 is 0. The lowest BCUT2D eigenvalue weighted by molar-refractivity contribution is 0.0667. The highest BCUT2D eigenvalue weighted by molar-refractivity contribution is 6.21. The van der Waals surface area contributed by atoms with Crippen LogP contribution < -0.4 is 5.32 Å². The first kappa shape index (κ1) is 13.5. The zero-order valence-electron chi connectivity index (χ0n) is 11.1. The summed E-state index contributed by atoms with van der Waals surface area (Å²) in [5.74, 6) is -0.450. The van der Waals surface area contributed by atoms with Crippen molar-refractivity contribution >= 4 is 11.8 Å². The minimum Gasteiger partial charge on any atom is -0.313 e. The van der Waals surface area contributed by atoms with Gasteiger partial charge in [0, 0.05) is 6.54 Å². The maximum atomic E-state index is 12.1. The zero-order valence-corrected chi connectivity index (χ0v) is 11.1. The third-order valence-corrected chi connectivity index (χ3v) is 3.06. The van der Waals surface area contributed by atoms with Gasteiger partial charge in [-0.25, -0.2) is 0 Å². The Morgan fingerprint density at radius 3 is 2.32 bits per heavy atom. The molecule has 0 unspecified atom stereocenters. The van der Waals surface area contributed by atoms with E-state index in [1.54, 1.807) is 24.3 Å². The highest BCUT2D eigenvalue weighted by atomic mass is 16.2. The van der Waals surface area contributed by atoms with E-state index in [0.717, 1.165) is 18.5 Å². The predicted octanol–water partition coefficient (Wildman–Crippen LogP) is 1.84. The van der Waals surface area contributed by atoms with Gasteiger partial charge in [-0.2, -0.15) is 0 Å². The average Bonchev–Trinajstić information content (AvgIpc) is 2.65. The topological polar surface area (TPSA) is 49.4 Å². The molecule has 0 atom stereocenters. The molecule has 1 aliphatic rings. The second kappa shape index (κ2) is 5.80. The average molecular weight is 258 g/mol. The van der Waals surface area contributed by atoms with Crippen molar-refractivity contribution < 1.29 is 9.59 Å². The van der Waals surface area contributed by atoms with E-state index in [-0.39, 0.29) is 18.4 Å². The molecule has 0 spiro atoms. The highest BCUT2D eigenvalue weighted by Gasteiger charge is 2.34. The molecule has 1 aromatic rings. The van der Waals surface area contributed by atoms with Gasteiger partial charge < -0.3 is 5.32 Å². The fraction of sp³-hybridized carbons (Fsp3) is 0.333. The van der Waals surface area contributed by atoms with Crippen molar-refractivity contribution in [3.05, 3.63) is 47.5 Å². The molecule has 1 heterocycles. The first-order chi connectivity index (χ1) is 9.15. The molecule has 1 aliphatic heterocycles. The summed E-state index contributed by atoms with van der Waals surface area (Å²) in [5, 5.41) is 3.21. The monoisotopic (exact) mass is 258 g/mol. The molecule has 0 bridgehead atoms. The predicted molar refractivity (Wildman–Crippen MR) is 74.1 cm³/mol. The summed E-state index contributed by atoms with van der Waals surface area (Å²) in [7, 11) is 0. The van der Waals surface area contributed by atoms with Crippen LogP contribution in [-0.2, 0) is 0 Å². The number of hydrogen-bond acceptors (Lipinski definition) is 3. The van der Waals surface area contributed by atoms with E-state index in [9.17, 15) is 9.59 Å². The molecule has 1 aromatic carbocycles. The lowest BCUT2D eigenvalue weighted by Crippen LogP contribution is -2.33. The molecule has 1 N–H and O–H groups in total. The van der Waals surface area contributed by atoms with E-state index >= 15 is 0 Å². The third kappa shape index (κ3) is 2.74. The summed E-state index contributed by atoms with van der Waals surface area (Å²) in [5.41, 5.74) is 1.81. The van der Waals surface area contributed by atoms with E-state index in [4.69, 9.17) is 0 Å². The van der Waals surface area contributed by atoms with Gasteiger partial charge >= 0.3 is 0 Å². The number of hydrogen-bond donors (Lipinski definition) is 1. The number of carbonyl (C=O) groups is 2. The van der Waals surface area contributed by atoms with Gasteiger partial charge in [0.15, 0.2) is 0 Å². The first-order valence-corrected chi connectivity index (χ1v) is 6.47. The Morgan fingerprint density at radius 1 is 1.21 bits per heavy atom. The van der Waals surface area contributed by atoms with Gasteiger partial charge in [0.2, 0.25) is 0 Å². The van der Waals surface area contributed by atoms with E-state index in [1.165, 1.54) is 4.90 Å². The van der Waals surface area contributed by atoms with Crippen molar-refractivity contribution in [3.8, 4) is 0 Å². The number of imide groups is 1. The molecule has 0 aromatic heterocycles. The Bertz CT molecular complexity index is 488. The van der Waals surface area contributed by atoms with Crippen LogP contribution in [0.15, 0.2) is 36.4 Å². The quantitative estimate of drug-likeness (QED) is 0.481. The zero-order chi connectivity index (χ0) is 13.8. The van der Waals surface area contributed by atoms with Crippen LogP contribution >= 0.6 is 0 Å². The van der Waals surface area contributed by atoms with E-state index < -0.39 is 0 Å².